The zero-order chi connectivity index (χ0) is 29.4. The monoisotopic (exact) mass is 571 g/mol. The molecule has 5 rings (SSSR count). The molecule has 5 aromatic rings. The molecule has 0 radical (unpaired) electrons. The summed E-state index contributed by atoms with van der Waals surface area (Å²) in [6.45, 7) is -0.0294. The van der Waals surface area contributed by atoms with Gasteiger partial charge in [0.2, 0.25) is 5.62 Å². The minimum Gasteiger partial charge on any atom is -0.406 e. The van der Waals surface area contributed by atoms with Crippen LogP contribution >= 0.6 is 0 Å². The highest BCUT2D eigenvalue weighted by Crippen LogP contribution is 2.37. The van der Waals surface area contributed by atoms with Crippen LogP contribution in [0, 0.1) is 0 Å². The number of aryl methyl sites for hydroxylation is 1. The number of halogens is 6. The summed E-state index contributed by atoms with van der Waals surface area (Å²) >= 11 is 0. The zero-order valence-corrected chi connectivity index (χ0v) is 21.5. The lowest BCUT2D eigenvalue weighted by atomic mass is 10.0. The Morgan fingerprint density at radius 2 is 1.44 bits per heavy atom. The molecule has 0 atom stereocenters. The van der Waals surface area contributed by atoms with E-state index >= 15 is 0 Å². The van der Waals surface area contributed by atoms with Crippen molar-refractivity contribution in [2.75, 3.05) is 0 Å². The van der Waals surface area contributed by atoms with Gasteiger partial charge in [-0.3, -0.25) is 0 Å². The molecule has 11 heteroatoms. The van der Waals surface area contributed by atoms with Crippen molar-refractivity contribution in [3.05, 3.63) is 113 Å². The molecular formula is C30H23F6N3O2. The number of imidazole rings is 1. The second-order valence-corrected chi connectivity index (χ2v) is 9.33. The van der Waals surface area contributed by atoms with Gasteiger partial charge in [0.25, 0.3) is 0 Å². The van der Waals surface area contributed by atoms with Gasteiger partial charge >= 0.3 is 12.5 Å². The summed E-state index contributed by atoms with van der Waals surface area (Å²) in [6.07, 6.45) is -9.48. The second-order valence-electron chi connectivity index (χ2n) is 9.33. The van der Waals surface area contributed by atoms with E-state index in [-0.39, 0.29) is 30.0 Å². The predicted molar refractivity (Wildman–Crippen MR) is 141 cm³/mol. The molecule has 212 valence electrons. The number of benzene rings is 4. The Bertz CT molecular complexity index is 1740. The maximum Gasteiger partial charge on any atom is 0.573 e. The molecule has 0 aliphatic carbocycles. The number of nitrogens with zero attached hydrogens (tertiary/aromatic N) is 3. The number of alkyl halides is 6. The fourth-order valence-corrected chi connectivity index (χ4v) is 4.63. The first-order chi connectivity index (χ1) is 19.4. The molecule has 0 amide bonds. The van der Waals surface area contributed by atoms with E-state index in [1.807, 2.05) is 0 Å². The molecule has 0 aliphatic rings. The molecule has 0 saturated heterocycles. The molecule has 1 aromatic heterocycles. The third kappa shape index (κ3) is 6.14. The zero-order valence-electron chi connectivity index (χ0n) is 21.5. The summed E-state index contributed by atoms with van der Waals surface area (Å²) in [4.78, 5) is 4.64. The molecule has 0 bridgehead atoms. The largest absolute Gasteiger partial charge is 0.573 e. The smallest absolute Gasteiger partial charge is 0.406 e. The summed E-state index contributed by atoms with van der Waals surface area (Å²) in [5, 5.41) is 9.40. The van der Waals surface area contributed by atoms with Crippen molar-refractivity contribution in [3.63, 3.8) is 0 Å². The highest BCUT2D eigenvalue weighted by atomic mass is 19.4. The Hall–Kier alpha value is -4.51. The van der Waals surface area contributed by atoms with E-state index in [0.717, 1.165) is 29.8 Å². The molecule has 4 aromatic carbocycles. The fraction of sp³-hybridized carbons (Fsp3) is 0.167. The predicted octanol–water partition coefficient (Wildman–Crippen LogP) is 7.34. The van der Waals surface area contributed by atoms with Gasteiger partial charge in [-0.1, -0.05) is 54.6 Å². The average molecular weight is 572 g/mol. The normalized spacial score (nSPS) is 12.7. The first-order valence-electron chi connectivity index (χ1n) is 12.4. The van der Waals surface area contributed by atoms with Crippen LogP contribution < -0.4 is 10.4 Å². The van der Waals surface area contributed by atoms with Crippen LogP contribution in [-0.4, -0.2) is 20.6 Å². The van der Waals surface area contributed by atoms with E-state index in [0.29, 0.717) is 22.2 Å². The number of hydrogen-bond donors (Lipinski definition) is 1. The van der Waals surface area contributed by atoms with Gasteiger partial charge in [-0.25, -0.2) is 4.99 Å². The third-order valence-electron chi connectivity index (χ3n) is 6.52. The molecule has 1 N–H and O–H groups in total. The van der Waals surface area contributed by atoms with Crippen molar-refractivity contribution >= 4 is 16.7 Å². The number of aliphatic hydroxyl groups excluding tert-OH is 1. The van der Waals surface area contributed by atoms with Crippen LogP contribution in [0.1, 0.15) is 16.7 Å². The maximum absolute atomic E-state index is 14.1. The number of hydrogen-bond acceptors (Lipinski definition) is 3. The molecule has 0 fully saturated rings. The van der Waals surface area contributed by atoms with Gasteiger partial charge in [0.1, 0.15) is 5.75 Å². The van der Waals surface area contributed by atoms with Crippen molar-refractivity contribution in [2.45, 2.75) is 25.7 Å². The topological polar surface area (TPSA) is 51.7 Å². The highest BCUT2D eigenvalue weighted by molar-refractivity contribution is 5.93. The fourth-order valence-electron chi connectivity index (χ4n) is 4.63. The molecule has 5 nitrogen and oxygen atoms in total. The summed E-state index contributed by atoms with van der Waals surface area (Å²) in [7, 11) is 1.67. The molecule has 0 aliphatic heterocycles. The Balaban J connectivity index is 1.78. The second kappa shape index (κ2) is 10.8. The molecular weight excluding hydrogens is 548 g/mol. The van der Waals surface area contributed by atoms with Crippen molar-refractivity contribution in [1.82, 2.24) is 9.13 Å². The van der Waals surface area contributed by atoms with Gasteiger partial charge in [-0.2, -0.15) is 13.2 Å². The van der Waals surface area contributed by atoms with E-state index in [1.165, 1.54) is 12.1 Å². The maximum atomic E-state index is 14.1. The molecule has 0 unspecified atom stereocenters. The van der Waals surface area contributed by atoms with Crippen molar-refractivity contribution in [1.29, 1.82) is 0 Å². The van der Waals surface area contributed by atoms with E-state index in [4.69, 9.17) is 0 Å². The quantitative estimate of drug-likeness (QED) is 0.217. The Morgan fingerprint density at radius 1 is 0.805 bits per heavy atom. The molecule has 0 saturated carbocycles. The van der Waals surface area contributed by atoms with Crippen molar-refractivity contribution in [2.24, 2.45) is 12.0 Å². The number of fused-ring (bicyclic) bond motifs is 1. The SMILES string of the molecule is Cn1c(=Nc2ccc(OC(F)(F)F)cc2)n(Cc2ccc(CO)cc2)c2cc(C(F)(F)F)cc(-c3ccccc3)c21. The Labute approximate surface area is 230 Å². The van der Waals surface area contributed by atoms with Crippen LogP contribution in [-0.2, 0) is 26.4 Å². The van der Waals surface area contributed by atoms with Crippen LogP contribution in [0.2, 0.25) is 0 Å². The average Bonchev–Trinajstić information content (AvgIpc) is 3.19. The van der Waals surface area contributed by atoms with Crippen molar-refractivity contribution in [3.8, 4) is 16.9 Å². The van der Waals surface area contributed by atoms with E-state index in [1.54, 1.807) is 70.8 Å². The molecule has 41 heavy (non-hydrogen) atoms. The summed E-state index contributed by atoms with van der Waals surface area (Å²) in [5.74, 6) is -0.425. The van der Waals surface area contributed by atoms with Crippen LogP contribution in [0.3, 0.4) is 0 Å². The van der Waals surface area contributed by atoms with Crippen LogP contribution in [0.4, 0.5) is 32.0 Å². The van der Waals surface area contributed by atoms with Crippen LogP contribution in [0.5, 0.6) is 5.75 Å². The molecule has 1 heterocycles. The van der Waals surface area contributed by atoms with Gasteiger partial charge < -0.3 is 19.0 Å². The first-order valence-corrected chi connectivity index (χ1v) is 12.4. The lowest BCUT2D eigenvalue weighted by Gasteiger charge is -2.13. The van der Waals surface area contributed by atoms with Gasteiger partial charge in [-0.15, -0.1) is 13.2 Å². The van der Waals surface area contributed by atoms with Gasteiger partial charge in [0.15, 0.2) is 0 Å². The number of aliphatic hydroxyl groups is 1. The van der Waals surface area contributed by atoms with Gasteiger partial charge in [0, 0.05) is 12.6 Å². The standard InChI is InChI=1S/C30H23F6N3O2/c1-38-27-25(21-5-3-2-4-6-21)15-22(29(31,32)33)16-26(27)39(17-19-7-9-20(18-40)10-8-19)28(38)37-23-11-13-24(14-12-23)41-30(34,35)36/h2-16,40H,17-18H2,1H3. The summed E-state index contributed by atoms with van der Waals surface area (Å²) in [5.41, 5.74) is 2.80. The Kier molecular flexibility index (Phi) is 7.39. The van der Waals surface area contributed by atoms with E-state index in [9.17, 15) is 31.4 Å². The number of rotatable bonds is 6. The van der Waals surface area contributed by atoms with Crippen molar-refractivity contribution < 1.29 is 36.2 Å². The van der Waals surface area contributed by atoms with E-state index < -0.39 is 23.9 Å². The van der Waals surface area contributed by atoms with Crippen LogP contribution in [0.25, 0.3) is 22.2 Å². The summed E-state index contributed by atoms with van der Waals surface area (Å²) in [6, 6.07) is 22.7. The highest BCUT2D eigenvalue weighted by Gasteiger charge is 2.33. The minimum absolute atomic E-state index is 0.132. The lowest BCUT2D eigenvalue weighted by molar-refractivity contribution is -0.274. The van der Waals surface area contributed by atoms with Gasteiger partial charge in [-0.05, 0) is 53.1 Å². The summed E-state index contributed by atoms with van der Waals surface area (Å²) < 4.78 is 87.4. The third-order valence-corrected chi connectivity index (χ3v) is 6.52. The number of aromatic nitrogens is 2. The van der Waals surface area contributed by atoms with E-state index in [2.05, 4.69) is 9.73 Å². The first kappa shape index (κ1) is 28.0. The minimum atomic E-state index is -4.85. The number of ether oxygens (including phenoxy) is 1. The van der Waals surface area contributed by atoms with Gasteiger partial charge in [0.05, 0.1) is 35.4 Å². The lowest BCUT2D eigenvalue weighted by Crippen LogP contribution is -2.24. The molecule has 0 spiro atoms. The van der Waals surface area contributed by atoms with Crippen LogP contribution in [0.15, 0.2) is 96.0 Å². The Morgan fingerprint density at radius 3 is 2.02 bits per heavy atom.